The fourth-order valence-electron chi connectivity index (χ4n) is 10.1. The van der Waals surface area contributed by atoms with Gasteiger partial charge in [0.05, 0.1) is 0 Å². The number of fused-ring (bicyclic) bond motifs is 1. The molecule has 4 aliphatic rings. The molecule has 0 N–H and O–H groups in total. The highest BCUT2D eigenvalue weighted by Crippen LogP contribution is 2.59. The number of benzene rings is 2. The normalized spacial score (nSPS) is 33.6. The lowest BCUT2D eigenvalue weighted by atomic mass is 9.63. The van der Waals surface area contributed by atoms with Crippen molar-refractivity contribution < 1.29 is 23.8 Å². The second-order valence-corrected chi connectivity index (χ2v) is 16.8. The van der Waals surface area contributed by atoms with Crippen LogP contribution in [0.1, 0.15) is 117 Å². The van der Waals surface area contributed by atoms with E-state index in [0.717, 1.165) is 64.2 Å². The molecule has 49 heavy (non-hydrogen) atoms. The van der Waals surface area contributed by atoms with Crippen LogP contribution in [0.15, 0.2) is 85.0 Å². The van der Waals surface area contributed by atoms with Crippen molar-refractivity contribution in [1.29, 1.82) is 0 Å². The van der Waals surface area contributed by atoms with Gasteiger partial charge in [0.2, 0.25) is 0 Å². The maximum Gasteiger partial charge on any atom is 0.330 e. The highest BCUT2D eigenvalue weighted by Gasteiger charge is 2.67. The van der Waals surface area contributed by atoms with Crippen molar-refractivity contribution in [1.82, 2.24) is 0 Å². The van der Waals surface area contributed by atoms with Crippen molar-refractivity contribution in [2.75, 3.05) is 0 Å². The van der Waals surface area contributed by atoms with Crippen LogP contribution in [0.3, 0.4) is 0 Å². The SMILES string of the molecule is C[C@@H]1C[C@H](OC(=O)/C=C/[C@@]23CCCC[C@]2(/C=C/C(=O)O[C@@H]2CC[C@@H](C(C)(C)c4ccccc4)[C@H](C)C2)O3)CC[C@H]1C(C)(C)c1ccccc1. The van der Waals surface area contributed by atoms with Gasteiger partial charge >= 0.3 is 11.9 Å². The van der Waals surface area contributed by atoms with Crippen LogP contribution < -0.4 is 0 Å². The van der Waals surface area contributed by atoms with Crippen molar-refractivity contribution in [3.8, 4) is 0 Å². The first-order chi connectivity index (χ1) is 23.4. The molecule has 3 saturated carbocycles. The minimum absolute atomic E-state index is 0.0689. The Morgan fingerprint density at radius 3 is 1.41 bits per heavy atom. The van der Waals surface area contributed by atoms with Gasteiger partial charge in [-0.15, -0.1) is 0 Å². The average molecular weight is 667 g/mol. The Morgan fingerprint density at radius 2 is 1.04 bits per heavy atom. The molecule has 0 spiro atoms. The molecule has 0 bridgehead atoms. The molecular formula is C44H58O5. The third kappa shape index (κ3) is 7.48. The van der Waals surface area contributed by atoms with Gasteiger partial charge in [-0.05, 0) is 122 Å². The first-order valence-electron chi connectivity index (χ1n) is 19.0. The van der Waals surface area contributed by atoms with Gasteiger partial charge in [0.1, 0.15) is 23.4 Å². The lowest BCUT2D eigenvalue weighted by molar-refractivity contribution is -0.147. The zero-order valence-corrected chi connectivity index (χ0v) is 30.7. The number of carbonyl (C=O) groups excluding carboxylic acids is 2. The number of rotatable bonds is 10. The molecule has 0 amide bonds. The Hall–Kier alpha value is -3.18. The molecule has 5 heteroatoms. The number of hydrogen-bond acceptors (Lipinski definition) is 5. The molecule has 0 radical (unpaired) electrons. The first-order valence-corrected chi connectivity index (χ1v) is 19.0. The molecule has 5 nitrogen and oxygen atoms in total. The van der Waals surface area contributed by atoms with E-state index in [-0.39, 0.29) is 35.0 Å². The molecule has 0 aromatic heterocycles. The van der Waals surface area contributed by atoms with E-state index in [9.17, 15) is 9.59 Å². The van der Waals surface area contributed by atoms with Gasteiger partial charge in [-0.1, -0.05) is 102 Å². The Morgan fingerprint density at radius 1 is 0.653 bits per heavy atom. The van der Waals surface area contributed by atoms with Crippen LogP contribution in [-0.2, 0) is 34.6 Å². The van der Waals surface area contributed by atoms with Gasteiger partial charge in [-0.2, -0.15) is 0 Å². The topological polar surface area (TPSA) is 65.1 Å². The van der Waals surface area contributed by atoms with Crippen LogP contribution in [0, 0.1) is 23.7 Å². The summed E-state index contributed by atoms with van der Waals surface area (Å²) in [4.78, 5) is 26.1. The van der Waals surface area contributed by atoms with Crippen molar-refractivity contribution >= 4 is 11.9 Å². The van der Waals surface area contributed by atoms with Crippen LogP contribution in [0.2, 0.25) is 0 Å². The predicted molar refractivity (Wildman–Crippen MR) is 195 cm³/mol. The third-order valence-corrected chi connectivity index (χ3v) is 13.1. The molecule has 1 heterocycles. The van der Waals surface area contributed by atoms with E-state index in [4.69, 9.17) is 14.2 Å². The molecule has 2 aromatic rings. The molecule has 264 valence electrons. The molecular weight excluding hydrogens is 608 g/mol. The van der Waals surface area contributed by atoms with Crippen LogP contribution in [0.5, 0.6) is 0 Å². The summed E-state index contributed by atoms with van der Waals surface area (Å²) in [7, 11) is 0. The molecule has 3 aliphatic carbocycles. The molecule has 1 aliphatic heterocycles. The van der Waals surface area contributed by atoms with Crippen LogP contribution >= 0.6 is 0 Å². The molecule has 1 saturated heterocycles. The zero-order valence-electron chi connectivity index (χ0n) is 30.7. The van der Waals surface area contributed by atoms with E-state index >= 15 is 0 Å². The molecule has 2 aromatic carbocycles. The van der Waals surface area contributed by atoms with E-state index in [0.29, 0.717) is 23.7 Å². The summed E-state index contributed by atoms with van der Waals surface area (Å²) in [5.74, 6) is 1.37. The molecule has 4 fully saturated rings. The average Bonchev–Trinajstić information content (AvgIpc) is 3.76. The summed E-state index contributed by atoms with van der Waals surface area (Å²) in [5.41, 5.74) is 1.77. The van der Waals surface area contributed by atoms with E-state index in [1.807, 2.05) is 12.2 Å². The Labute approximate surface area is 294 Å². The van der Waals surface area contributed by atoms with E-state index < -0.39 is 11.2 Å². The molecule has 8 atom stereocenters. The highest BCUT2D eigenvalue weighted by molar-refractivity contribution is 5.83. The second-order valence-electron chi connectivity index (χ2n) is 16.8. The zero-order chi connectivity index (χ0) is 34.9. The summed E-state index contributed by atoms with van der Waals surface area (Å²) in [5, 5.41) is 0. The van der Waals surface area contributed by atoms with Crippen LogP contribution in [0.4, 0.5) is 0 Å². The number of esters is 2. The van der Waals surface area contributed by atoms with Crippen molar-refractivity contribution in [2.45, 2.75) is 140 Å². The maximum atomic E-state index is 13.0. The summed E-state index contributed by atoms with van der Waals surface area (Å²) >= 11 is 0. The lowest BCUT2D eigenvalue weighted by Crippen LogP contribution is -2.39. The van der Waals surface area contributed by atoms with E-state index in [2.05, 4.69) is 102 Å². The number of hydrogen-bond donors (Lipinski definition) is 0. The van der Waals surface area contributed by atoms with Crippen LogP contribution in [-0.4, -0.2) is 35.3 Å². The number of carbonyl (C=O) groups is 2. The van der Waals surface area contributed by atoms with Gasteiger partial charge in [0, 0.05) is 12.2 Å². The number of ether oxygens (including phenoxy) is 3. The van der Waals surface area contributed by atoms with E-state index in [1.54, 1.807) is 12.2 Å². The Balaban J connectivity index is 0.995. The standard InChI is InChI=1S/C44H58O5/c1-31-29-35(19-21-37(31)41(3,4)33-15-9-7-10-16-33)47-39(45)23-27-43-25-13-14-26-44(43,49-43)28-24-40(46)48-36-20-22-38(32(2)30-36)42(5,6)34-17-11-8-12-18-34/h7-12,15-18,23-24,27-28,31-32,35-38H,13-14,19-22,25-26,29-30H2,1-6H3/b27-23+,28-24+/t31-,32-,35-,36-,37-,38-,43-,44+/m1/s1. The van der Waals surface area contributed by atoms with Crippen molar-refractivity contribution in [2.24, 2.45) is 23.7 Å². The van der Waals surface area contributed by atoms with Crippen molar-refractivity contribution in [3.05, 3.63) is 96.1 Å². The fourth-order valence-corrected chi connectivity index (χ4v) is 10.1. The summed E-state index contributed by atoms with van der Waals surface area (Å²) in [6.07, 6.45) is 16.1. The van der Waals surface area contributed by atoms with Gasteiger partial charge in [0.25, 0.3) is 0 Å². The second kappa shape index (κ2) is 14.2. The minimum atomic E-state index is -0.554. The monoisotopic (exact) mass is 666 g/mol. The van der Waals surface area contributed by atoms with Gasteiger partial charge < -0.3 is 14.2 Å². The largest absolute Gasteiger partial charge is 0.459 e. The fraction of sp³-hybridized carbons (Fsp3) is 0.591. The number of epoxide rings is 1. The van der Waals surface area contributed by atoms with Crippen LogP contribution in [0.25, 0.3) is 0 Å². The Bertz CT molecular complexity index is 1390. The van der Waals surface area contributed by atoms with Gasteiger partial charge in [0.15, 0.2) is 0 Å². The molecule has 0 unspecified atom stereocenters. The lowest BCUT2D eigenvalue weighted by Gasteiger charge is -2.43. The summed E-state index contributed by atoms with van der Waals surface area (Å²) in [6, 6.07) is 21.5. The van der Waals surface area contributed by atoms with Gasteiger partial charge in [-0.3, -0.25) is 0 Å². The summed E-state index contributed by atoms with van der Waals surface area (Å²) < 4.78 is 18.3. The van der Waals surface area contributed by atoms with Crippen molar-refractivity contribution in [3.63, 3.8) is 0 Å². The third-order valence-electron chi connectivity index (χ3n) is 13.1. The Kier molecular flexibility index (Phi) is 10.3. The highest BCUT2D eigenvalue weighted by atomic mass is 16.6. The summed E-state index contributed by atoms with van der Waals surface area (Å²) in [6.45, 7) is 14.0. The first kappa shape index (κ1) is 35.6. The smallest absolute Gasteiger partial charge is 0.330 e. The minimum Gasteiger partial charge on any atom is -0.459 e. The van der Waals surface area contributed by atoms with Gasteiger partial charge in [-0.25, -0.2) is 9.59 Å². The molecule has 6 rings (SSSR count). The van der Waals surface area contributed by atoms with E-state index in [1.165, 1.54) is 11.1 Å². The predicted octanol–water partition coefficient (Wildman–Crippen LogP) is 9.83. The quantitative estimate of drug-likeness (QED) is 0.144. The maximum absolute atomic E-state index is 13.0.